The number of hydrogen-bond donors (Lipinski definition) is 2. The number of anilines is 3. The Hall–Kier alpha value is -2.90. The van der Waals surface area contributed by atoms with E-state index in [1.165, 1.54) is 0 Å². The smallest absolute Gasteiger partial charge is 0.225 e. The van der Waals surface area contributed by atoms with Gasteiger partial charge in [-0.25, -0.2) is 9.97 Å². The number of nitrogens with zero attached hydrogens (tertiary/aromatic N) is 5. The van der Waals surface area contributed by atoms with Crippen molar-refractivity contribution in [3.8, 4) is 5.75 Å². The summed E-state index contributed by atoms with van der Waals surface area (Å²) < 4.78 is 17.7. The minimum Gasteiger partial charge on any atom is -0.494 e. The topological polar surface area (TPSA) is 95.5 Å². The van der Waals surface area contributed by atoms with Crippen molar-refractivity contribution in [2.45, 2.75) is 13.5 Å². The SMILES string of the molecule is CCN1CCN(c2ccc(CNc3nc(NCP(C)(C)=O)nc4c(OC)cccc34)cn2)CC1. The molecule has 1 aromatic carbocycles. The molecule has 1 aliphatic heterocycles. The molecule has 0 radical (unpaired) electrons. The van der Waals surface area contributed by atoms with Crippen LogP contribution in [0.4, 0.5) is 17.6 Å². The highest BCUT2D eigenvalue weighted by molar-refractivity contribution is 7.62. The van der Waals surface area contributed by atoms with Gasteiger partial charge in [0.25, 0.3) is 0 Å². The van der Waals surface area contributed by atoms with Crippen molar-refractivity contribution in [1.29, 1.82) is 0 Å². The quantitative estimate of drug-likeness (QED) is 0.441. The molecule has 1 fully saturated rings. The fourth-order valence-corrected chi connectivity index (χ4v) is 4.47. The molecule has 0 saturated carbocycles. The van der Waals surface area contributed by atoms with E-state index in [-0.39, 0.29) is 0 Å². The van der Waals surface area contributed by atoms with Crippen LogP contribution in [0, 0.1) is 0 Å². The second-order valence-electron chi connectivity index (χ2n) is 8.96. The molecule has 182 valence electrons. The van der Waals surface area contributed by atoms with E-state index in [1.54, 1.807) is 20.4 Å². The first-order valence-electron chi connectivity index (χ1n) is 11.6. The van der Waals surface area contributed by atoms with Crippen molar-refractivity contribution in [3.05, 3.63) is 42.1 Å². The van der Waals surface area contributed by atoms with Gasteiger partial charge in [0.15, 0.2) is 0 Å². The molecular weight excluding hydrogens is 449 g/mol. The molecule has 0 atom stereocenters. The second kappa shape index (κ2) is 10.6. The summed E-state index contributed by atoms with van der Waals surface area (Å²) >= 11 is 0. The maximum atomic E-state index is 12.2. The van der Waals surface area contributed by atoms with Crippen LogP contribution < -0.4 is 20.3 Å². The zero-order valence-corrected chi connectivity index (χ0v) is 21.3. The Balaban J connectivity index is 1.50. The lowest BCUT2D eigenvalue weighted by Crippen LogP contribution is -2.46. The standard InChI is InChI=1S/C24H34N7O2P/c1-5-30-11-13-31(14-12-30)21-10-9-18(15-25-21)16-26-23-19-7-6-8-20(33-2)22(19)28-24(29-23)27-17-34(3,4)32/h6-10,15H,5,11-14,16-17H2,1-4H3,(H2,26,27,28,29). The molecular formula is C24H34N7O2P. The molecule has 1 saturated heterocycles. The number of benzene rings is 1. The van der Waals surface area contributed by atoms with Gasteiger partial charge >= 0.3 is 0 Å². The summed E-state index contributed by atoms with van der Waals surface area (Å²) in [7, 11) is -0.645. The van der Waals surface area contributed by atoms with Crippen molar-refractivity contribution in [2.75, 3.05) is 75.0 Å². The van der Waals surface area contributed by atoms with Crippen molar-refractivity contribution in [1.82, 2.24) is 19.9 Å². The Morgan fingerprint density at radius 3 is 2.50 bits per heavy atom. The fourth-order valence-electron chi connectivity index (χ4n) is 3.95. The van der Waals surface area contributed by atoms with Crippen molar-refractivity contribution >= 4 is 35.6 Å². The summed E-state index contributed by atoms with van der Waals surface area (Å²) in [5, 5.41) is 7.41. The van der Waals surface area contributed by atoms with Gasteiger partial charge in [0, 0.05) is 44.3 Å². The molecule has 0 bridgehead atoms. The van der Waals surface area contributed by atoms with Gasteiger partial charge < -0.3 is 29.7 Å². The predicted octanol–water partition coefficient (Wildman–Crippen LogP) is 3.78. The van der Waals surface area contributed by atoms with Gasteiger partial charge in [-0.15, -0.1) is 0 Å². The number of pyridine rings is 1. The van der Waals surface area contributed by atoms with E-state index < -0.39 is 7.14 Å². The third-order valence-electron chi connectivity index (χ3n) is 5.94. The van der Waals surface area contributed by atoms with Gasteiger partial charge in [-0.2, -0.15) is 4.98 Å². The summed E-state index contributed by atoms with van der Waals surface area (Å²) in [6.45, 7) is 11.5. The highest BCUT2D eigenvalue weighted by Gasteiger charge is 2.17. The summed E-state index contributed by atoms with van der Waals surface area (Å²) in [4.78, 5) is 18.8. The third-order valence-corrected chi connectivity index (χ3v) is 6.86. The Kier molecular flexibility index (Phi) is 7.54. The molecule has 0 aliphatic carbocycles. The van der Waals surface area contributed by atoms with E-state index in [4.69, 9.17) is 9.72 Å². The maximum absolute atomic E-state index is 12.2. The fraction of sp³-hybridized carbons (Fsp3) is 0.458. The lowest BCUT2D eigenvalue weighted by molar-refractivity contribution is 0.270. The number of rotatable bonds is 9. The molecule has 1 aliphatic rings. The molecule has 4 rings (SSSR count). The molecule has 0 amide bonds. The van der Waals surface area contributed by atoms with Gasteiger partial charge in [-0.3, -0.25) is 0 Å². The Labute approximate surface area is 201 Å². The molecule has 9 nitrogen and oxygen atoms in total. The summed E-state index contributed by atoms with van der Waals surface area (Å²) in [5.41, 5.74) is 1.76. The highest BCUT2D eigenvalue weighted by atomic mass is 31.2. The minimum absolute atomic E-state index is 0.324. The first-order valence-corrected chi connectivity index (χ1v) is 14.4. The largest absolute Gasteiger partial charge is 0.494 e. The van der Waals surface area contributed by atoms with E-state index in [9.17, 15) is 4.57 Å². The van der Waals surface area contributed by atoms with Crippen molar-refractivity contribution in [2.24, 2.45) is 0 Å². The molecule has 3 aromatic rings. The van der Waals surface area contributed by atoms with Crippen LogP contribution in [-0.2, 0) is 11.1 Å². The zero-order chi connectivity index (χ0) is 24.1. The van der Waals surface area contributed by atoms with E-state index in [0.717, 1.165) is 49.5 Å². The van der Waals surface area contributed by atoms with Gasteiger partial charge in [0.1, 0.15) is 30.0 Å². The Morgan fingerprint density at radius 1 is 1.06 bits per heavy atom. The first kappa shape index (κ1) is 24.2. The maximum Gasteiger partial charge on any atom is 0.225 e. The molecule has 3 heterocycles. The van der Waals surface area contributed by atoms with Gasteiger partial charge in [-0.05, 0) is 43.6 Å². The van der Waals surface area contributed by atoms with Crippen molar-refractivity contribution in [3.63, 3.8) is 0 Å². The van der Waals surface area contributed by atoms with Crippen LogP contribution in [0.1, 0.15) is 12.5 Å². The van der Waals surface area contributed by atoms with Gasteiger partial charge in [-0.1, -0.05) is 19.1 Å². The first-order chi connectivity index (χ1) is 16.4. The number of piperazine rings is 1. The van der Waals surface area contributed by atoms with Crippen LogP contribution in [0.3, 0.4) is 0 Å². The molecule has 2 aromatic heterocycles. The average Bonchev–Trinajstić information content (AvgIpc) is 2.85. The Bertz CT molecular complexity index is 1160. The van der Waals surface area contributed by atoms with E-state index in [0.29, 0.717) is 35.9 Å². The number of methoxy groups -OCH3 is 1. The highest BCUT2D eigenvalue weighted by Crippen LogP contribution is 2.36. The monoisotopic (exact) mass is 483 g/mol. The number of fused-ring (bicyclic) bond motifs is 1. The lowest BCUT2D eigenvalue weighted by Gasteiger charge is -2.34. The number of para-hydroxylation sites is 1. The normalized spacial score (nSPS) is 14.9. The van der Waals surface area contributed by atoms with E-state index in [2.05, 4.69) is 49.5 Å². The molecule has 34 heavy (non-hydrogen) atoms. The van der Waals surface area contributed by atoms with Gasteiger partial charge in [0.05, 0.1) is 13.4 Å². The summed E-state index contributed by atoms with van der Waals surface area (Å²) in [6, 6.07) is 9.95. The number of likely N-dealkylation sites (N-methyl/N-ethyl adjacent to an activating group) is 1. The van der Waals surface area contributed by atoms with E-state index >= 15 is 0 Å². The molecule has 0 unspecified atom stereocenters. The van der Waals surface area contributed by atoms with Crippen LogP contribution in [0.25, 0.3) is 10.9 Å². The summed E-state index contributed by atoms with van der Waals surface area (Å²) in [5.74, 6) is 2.79. The average molecular weight is 484 g/mol. The van der Waals surface area contributed by atoms with Crippen LogP contribution in [0.15, 0.2) is 36.5 Å². The summed E-state index contributed by atoms with van der Waals surface area (Å²) in [6.07, 6.45) is 2.24. The third kappa shape index (κ3) is 5.96. The molecule has 2 N–H and O–H groups in total. The number of ether oxygens (including phenoxy) is 1. The van der Waals surface area contributed by atoms with Crippen LogP contribution >= 0.6 is 7.14 Å². The number of aromatic nitrogens is 3. The van der Waals surface area contributed by atoms with Crippen molar-refractivity contribution < 1.29 is 9.30 Å². The number of hydrogen-bond acceptors (Lipinski definition) is 9. The van der Waals surface area contributed by atoms with Gasteiger partial charge in [0.2, 0.25) is 5.95 Å². The second-order valence-corrected chi connectivity index (χ2v) is 12.4. The lowest BCUT2D eigenvalue weighted by atomic mass is 10.2. The minimum atomic E-state index is -2.27. The van der Waals surface area contributed by atoms with E-state index in [1.807, 2.05) is 24.4 Å². The Morgan fingerprint density at radius 2 is 1.85 bits per heavy atom. The van der Waals surface area contributed by atoms with Crippen LogP contribution in [0.2, 0.25) is 0 Å². The van der Waals surface area contributed by atoms with Crippen LogP contribution in [0.5, 0.6) is 5.75 Å². The predicted molar refractivity (Wildman–Crippen MR) is 140 cm³/mol. The number of nitrogens with one attached hydrogen (secondary N) is 2. The zero-order valence-electron chi connectivity index (χ0n) is 20.4. The molecule has 10 heteroatoms. The molecule has 0 spiro atoms. The van der Waals surface area contributed by atoms with Crippen LogP contribution in [-0.4, -0.2) is 79.3 Å².